The molecule has 0 atom stereocenters. The number of nitrogens with two attached hydrogens (primary N) is 1. The monoisotopic (exact) mass is 393 g/mol. The molecule has 0 bridgehead atoms. The summed E-state index contributed by atoms with van der Waals surface area (Å²) in [6.07, 6.45) is 5.22. The Balaban J connectivity index is 1.37. The van der Waals surface area contributed by atoms with Gasteiger partial charge in [-0.25, -0.2) is 0 Å². The molecule has 0 aliphatic heterocycles. The molecule has 3 aromatic heterocycles. The van der Waals surface area contributed by atoms with Crippen LogP contribution in [0.4, 0.5) is 11.9 Å². The van der Waals surface area contributed by atoms with Gasteiger partial charge >= 0.3 is 0 Å². The number of aliphatic hydroxyl groups is 1. The van der Waals surface area contributed by atoms with Crippen LogP contribution in [0.5, 0.6) is 0 Å². The summed E-state index contributed by atoms with van der Waals surface area (Å²) in [4.78, 5) is 13.0. The molecule has 0 aliphatic rings. The smallest absolute Gasteiger partial charge is 0.259 e. The highest BCUT2D eigenvalue weighted by atomic mass is 16.3. The molecule has 3 heterocycles. The van der Waals surface area contributed by atoms with Crippen LogP contribution in [-0.2, 0) is 12.8 Å². The summed E-state index contributed by atoms with van der Waals surface area (Å²) in [7, 11) is 0. The molecule has 9 heteroatoms. The second-order valence-corrected chi connectivity index (χ2v) is 6.70. The van der Waals surface area contributed by atoms with Crippen molar-refractivity contribution in [1.29, 1.82) is 0 Å². The van der Waals surface area contributed by atoms with Crippen LogP contribution >= 0.6 is 0 Å². The van der Waals surface area contributed by atoms with Gasteiger partial charge in [0.2, 0.25) is 17.7 Å². The number of aromatic nitrogens is 5. The number of hydrogen-bond acceptors (Lipinski definition) is 8. The lowest BCUT2D eigenvalue weighted by atomic mass is 10.0. The Hall–Kier alpha value is -3.46. The number of nitrogen functional groups attached to an aromatic ring is 1. The highest BCUT2D eigenvalue weighted by molar-refractivity contribution is 5.52. The van der Waals surface area contributed by atoms with Gasteiger partial charge in [0.15, 0.2) is 5.76 Å². The first-order valence-electron chi connectivity index (χ1n) is 9.59. The van der Waals surface area contributed by atoms with Crippen molar-refractivity contribution in [3.8, 4) is 11.6 Å². The zero-order valence-electron chi connectivity index (χ0n) is 16.0. The summed E-state index contributed by atoms with van der Waals surface area (Å²) in [5, 5.41) is 16.3. The van der Waals surface area contributed by atoms with E-state index in [1.807, 2.05) is 0 Å². The largest absolute Gasteiger partial charge is 0.461 e. The maximum Gasteiger partial charge on any atom is 0.259 e. The Labute approximate surface area is 167 Å². The number of nitrogens with zero attached hydrogens (tertiary/aromatic N) is 5. The first-order valence-corrected chi connectivity index (χ1v) is 9.59. The molecule has 4 aromatic rings. The van der Waals surface area contributed by atoms with Crippen LogP contribution in [0.25, 0.3) is 17.4 Å². The van der Waals surface area contributed by atoms with E-state index in [9.17, 15) is 0 Å². The van der Waals surface area contributed by atoms with E-state index in [0.717, 1.165) is 25.7 Å². The second-order valence-electron chi connectivity index (χ2n) is 6.70. The molecule has 4 N–H and O–H groups in total. The average molecular weight is 393 g/mol. The van der Waals surface area contributed by atoms with Crippen LogP contribution in [-0.4, -0.2) is 42.8 Å². The summed E-state index contributed by atoms with van der Waals surface area (Å²) in [5.74, 6) is 1.93. The van der Waals surface area contributed by atoms with Gasteiger partial charge in [-0.1, -0.05) is 24.3 Å². The molecule has 29 heavy (non-hydrogen) atoms. The van der Waals surface area contributed by atoms with Crippen LogP contribution in [0, 0.1) is 0 Å². The third kappa shape index (κ3) is 4.52. The van der Waals surface area contributed by atoms with Gasteiger partial charge in [0, 0.05) is 13.2 Å². The minimum absolute atomic E-state index is 0.204. The van der Waals surface area contributed by atoms with Gasteiger partial charge in [-0.2, -0.15) is 19.5 Å². The number of nitrogens with one attached hydrogen (secondary N) is 1. The molecule has 0 fully saturated rings. The molecule has 4 rings (SSSR count). The SMILES string of the molecule is Nc1nc(NCCc2ccc(CCCCO)cc2)nc2nc(-c3ccco3)nn12. The number of benzene rings is 1. The summed E-state index contributed by atoms with van der Waals surface area (Å²) in [6, 6.07) is 12.1. The van der Waals surface area contributed by atoms with E-state index >= 15 is 0 Å². The van der Waals surface area contributed by atoms with E-state index in [1.165, 1.54) is 15.6 Å². The van der Waals surface area contributed by atoms with Crippen LogP contribution < -0.4 is 11.1 Å². The average Bonchev–Trinajstić information content (AvgIpc) is 3.39. The van der Waals surface area contributed by atoms with E-state index in [1.54, 1.807) is 18.4 Å². The van der Waals surface area contributed by atoms with E-state index in [2.05, 4.69) is 49.6 Å². The first kappa shape index (κ1) is 18.9. The Bertz CT molecular complexity index is 1060. The molecule has 0 saturated carbocycles. The van der Waals surface area contributed by atoms with E-state index in [0.29, 0.717) is 29.9 Å². The molecule has 0 amide bonds. The molecule has 9 nitrogen and oxygen atoms in total. The topological polar surface area (TPSA) is 127 Å². The molecule has 0 radical (unpaired) electrons. The number of unbranched alkanes of at least 4 members (excludes halogenated alkanes) is 1. The number of hydrogen-bond donors (Lipinski definition) is 3. The molecule has 0 unspecified atom stereocenters. The highest BCUT2D eigenvalue weighted by Crippen LogP contribution is 2.17. The molecule has 150 valence electrons. The number of fused-ring (bicyclic) bond motifs is 1. The van der Waals surface area contributed by atoms with Gasteiger partial charge in [-0.3, -0.25) is 0 Å². The van der Waals surface area contributed by atoms with Gasteiger partial charge in [-0.05, 0) is 48.9 Å². The molecule has 0 saturated heterocycles. The number of rotatable bonds is 9. The number of anilines is 2. The van der Waals surface area contributed by atoms with Crippen LogP contribution in [0.2, 0.25) is 0 Å². The predicted molar refractivity (Wildman–Crippen MR) is 109 cm³/mol. The zero-order valence-corrected chi connectivity index (χ0v) is 16.0. The predicted octanol–water partition coefficient (Wildman–Crippen LogP) is 2.33. The third-order valence-corrected chi connectivity index (χ3v) is 4.57. The minimum Gasteiger partial charge on any atom is -0.461 e. The minimum atomic E-state index is 0.204. The van der Waals surface area contributed by atoms with E-state index in [-0.39, 0.29) is 12.6 Å². The fourth-order valence-corrected chi connectivity index (χ4v) is 3.03. The number of aryl methyl sites for hydroxylation is 1. The van der Waals surface area contributed by atoms with Crippen LogP contribution in [0.1, 0.15) is 24.0 Å². The van der Waals surface area contributed by atoms with E-state index < -0.39 is 0 Å². The maximum absolute atomic E-state index is 8.86. The molecule has 0 aliphatic carbocycles. The van der Waals surface area contributed by atoms with Gasteiger partial charge in [-0.15, -0.1) is 5.10 Å². The lowest BCUT2D eigenvalue weighted by molar-refractivity contribution is 0.284. The van der Waals surface area contributed by atoms with Crippen molar-refractivity contribution in [1.82, 2.24) is 24.6 Å². The van der Waals surface area contributed by atoms with Crippen molar-refractivity contribution in [2.24, 2.45) is 0 Å². The lowest BCUT2D eigenvalue weighted by Crippen LogP contribution is -2.12. The van der Waals surface area contributed by atoms with Crippen LogP contribution in [0.3, 0.4) is 0 Å². The molecular weight excluding hydrogens is 370 g/mol. The van der Waals surface area contributed by atoms with Gasteiger partial charge in [0.25, 0.3) is 5.78 Å². The van der Waals surface area contributed by atoms with Crippen molar-refractivity contribution < 1.29 is 9.52 Å². The Morgan fingerprint density at radius 2 is 1.79 bits per heavy atom. The lowest BCUT2D eigenvalue weighted by Gasteiger charge is -2.07. The Morgan fingerprint density at radius 1 is 1.00 bits per heavy atom. The molecular formula is C20H23N7O2. The zero-order chi connectivity index (χ0) is 20.1. The quantitative estimate of drug-likeness (QED) is 0.370. The van der Waals surface area contributed by atoms with E-state index in [4.69, 9.17) is 15.3 Å². The van der Waals surface area contributed by atoms with Gasteiger partial charge < -0.3 is 20.6 Å². The van der Waals surface area contributed by atoms with Crippen molar-refractivity contribution in [2.45, 2.75) is 25.7 Å². The fourth-order valence-electron chi connectivity index (χ4n) is 3.03. The van der Waals surface area contributed by atoms with Crippen molar-refractivity contribution in [3.05, 3.63) is 53.8 Å². The first-order chi connectivity index (χ1) is 14.2. The van der Waals surface area contributed by atoms with Gasteiger partial charge in [0.05, 0.1) is 6.26 Å². The Morgan fingerprint density at radius 3 is 2.52 bits per heavy atom. The number of aliphatic hydroxyl groups excluding tert-OH is 1. The van der Waals surface area contributed by atoms with Crippen LogP contribution in [0.15, 0.2) is 47.1 Å². The number of furan rings is 1. The summed E-state index contributed by atoms with van der Waals surface area (Å²) in [6.45, 7) is 0.916. The van der Waals surface area contributed by atoms with Gasteiger partial charge in [0.1, 0.15) is 0 Å². The maximum atomic E-state index is 8.86. The Kier molecular flexibility index (Phi) is 5.66. The molecule has 1 aromatic carbocycles. The standard InChI is InChI=1S/C20H23N7O2/c21-18-24-19(25-20-23-17(26-27(18)20)16-5-3-13-29-16)22-11-10-15-8-6-14(7-9-15)4-1-2-12-28/h3,5-9,13,28H,1-2,4,10-12H2,(H3,21,22,23,24,25,26). The second kappa shape index (κ2) is 8.70. The highest BCUT2D eigenvalue weighted by Gasteiger charge is 2.13. The normalized spacial score (nSPS) is 11.2. The molecule has 0 spiro atoms. The summed E-state index contributed by atoms with van der Waals surface area (Å²) < 4.78 is 6.70. The van der Waals surface area contributed by atoms with Crippen molar-refractivity contribution >= 4 is 17.7 Å². The van der Waals surface area contributed by atoms with Crippen molar-refractivity contribution in [3.63, 3.8) is 0 Å². The third-order valence-electron chi connectivity index (χ3n) is 4.57. The van der Waals surface area contributed by atoms with Crippen molar-refractivity contribution in [2.75, 3.05) is 24.2 Å². The fraction of sp³-hybridized carbons (Fsp3) is 0.300. The summed E-state index contributed by atoms with van der Waals surface area (Å²) >= 11 is 0. The summed E-state index contributed by atoms with van der Waals surface area (Å²) in [5.41, 5.74) is 8.51.